The van der Waals surface area contributed by atoms with E-state index in [0.717, 1.165) is 15.4 Å². The molecule has 5 nitrogen and oxygen atoms in total. The molecule has 0 amide bonds. The van der Waals surface area contributed by atoms with Gasteiger partial charge in [-0.1, -0.05) is 30.0 Å². The number of rotatable bonds is 5. The molecule has 0 bridgehead atoms. The lowest BCUT2D eigenvalue weighted by molar-refractivity contribution is -0.385. The van der Waals surface area contributed by atoms with Crippen LogP contribution in [-0.4, -0.2) is 16.0 Å². The zero-order chi connectivity index (χ0) is 14.5. The number of nitro benzene ring substituents is 1. The first-order valence-corrected chi connectivity index (χ1v) is 6.59. The van der Waals surface area contributed by atoms with Crippen molar-refractivity contribution in [3.63, 3.8) is 0 Å². The first kappa shape index (κ1) is 14.1. The molecule has 0 fully saturated rings. The van der Waals surface area contributed by atoms with E-state index in [0.29, 0.717) is 0 Å². The minimum atomic E-state index is -0.871. The van der Waals surface area contributed by atoms with E-state index in [1.807, 2.05) is 12.1 Å². The highest BCUT2D eigenvalue weighted by Crippen LogP contribution is 2.30. The van der Waals surface area contributed by atoms with Crippen molar-refractivity contribution < 1.29 is 14.8 Å². The molecule has 2 aromatic carbocycles. The Morgan fingerprint density at radius 2 is 1.85 bits per heavy atom. The maximum Gasteiger partial charge on any atom is 0.307 e. The van der Waals surface area contributed by atoms with Gasteiger partial charge in [-0.05, 0) is 23.8 Å². The van der Waals surface area contributed by atoms with Gasteiger partial charge in [0.2, 0.25) is 0 Å². The molecule has 20 heavy (non-hydrogen) atoms. The standard InChI is InChI=1S/C14H11NO4S/c16-14(17)8-10-4-6-12(7-5-10)20-13-3-1-2-11(9-13)15(18)19/h1-7,9H,8H2,(H,16,17). The van der Waals surface area contributed by atoms with Crippen molar-refractivity contribution >= 4 is 23.4 Å². The lowest BCUT2D eigenvalue weighted by atomic mass is 10.2. The highest BCUT2D eigenvalue weighted by molar-refractivity contribution is 7.99. The number of hydrogen-bond donors (Lipinski definition) is 1. The Morgan fingerprint density at radius 3 is 2.45 bits per heavy atom. The zero-order valence-corrected chi connectivity index (χ0v) is 11.2. The van der Waals surface area contributed by atoms with Crippen LogP contribution in [0.3, 0.4) is 0 Å². The van der Waals surface area contributed by atoms with Crippen LogP contribution in [0.25, 0.3) is 0 Å². The minimum Gasteiger partial charge on any atom is -0.481 e. The summed E-state index contributed by atoms with van der Waals surface area (Å²) in [5.41, 5.74) is 0.776. The lowest BCUT2D eigenvalue weighted by Gasteiger charge is -2.03. The van der Waals surface area contributed by atoms with Crippen LogP contribution in [0.5, 0.6) is 0 Å². The number of non-ortho nitro benzene ring substituents is 1. The summed E-state index contributed by atoms with van der Waals surface area (Å²) in [6, 6.07) is 13.5. The van der Waals surface area contributed by atoms with Crippen molar-refractivity contribution in [3.8, 4) is 0 Å². The second kappa shape index (κ2) is 6.21. The summed E-state index contributed by atoms with van der Waals surface area (Å²) in [5, 5.41) is 19.4. The average Bonchev–Trinajstić information content (AvgIpc) is 2.41. The van der Waals surface area contributed by atoms with Gasteiger partial charge in [-0.25, -0.2) is 0 Å². The molecule has 2 rings (SSSR count). The van der Waals surface area contributed by atoms with Crippen LogP contribution in [0.4, 0.5) is 5.69 Å². The van der Waals surface area contributed by atoms with E-state index >= 15 is 0 Å². The Bertz CT molecular complexity index is 640. The first-order chi connectivity index (χ1) is 9.54. The number of carboxylic acid groups (broad SMARTS) is 1. The van der Waals surface area contributed by atoms with E-state index < -0.39 is 10.9 Å². The molecule has 0 aromatic heterocycles. The van der Waals surface area contributed by atoms with Gasteiger partial charge >= 0.3 is 5.97 Å². The summed E-state index contributed by atoms with van der Waals surface area (Å²) in [4.78, 5) is 22.5. The fourth-order valence-corrected chi connectivity index (χ4v) is 2.52. The van der Waals surface area contributed by atoms with Gasteiger partial charge in [-0.2, -0.15) is 0 Å². The molecule has 0 radical (unpaired) electrons. The van der Waals surface area contributed by atoms with E-state index in [9.17, 15) is 14.9 Å². The Kier molecular flexibility index (Phi) is 4.37. The van der Waals surface area contributed by atoms with Crippen molar-refractivity contribution in [2.24, 2.45) is 0 Å². The number of carboxylic acids is 1. The molecule has 0 spiro atoms. The zero-order valence-electron chi connectivity index (χ0n) is 10.4. The van der Waals surface area contributed by atoms with Gasteiger partial charge in [0.25, 0.3) is 5.69 Å². The summed E-state index contributed by atoms with van der Waals surface area (Å²) < 4.78 is 0. The normalized spacial score (nSPS) is 10.2. The first-order valence-electron chi connectivity index (χ1n) is 5.77. The number of hydrogen-bond acceptors (Lipinski definition) is 4. The van der Waals surface area contributed by atoms with Crippen LogP contribution >= 0.6 is 11.8 Å². The molecule has 1 N–H and O–H groups in total. The maximum atomic E-state index is 10.7. The van der Waals surface area contributed by atoms with Gasteiger partial charge in [-0.15, -0.1) is 0 Å². The predicted molar refractivity (Wildman–Crippen MR) is 75.0 cm³/mol. The van der Waals surface area contributed by atoms with Crippen molar-refractivity contribution in [2.75, 3.05) is 0 Å². The quantitative estimate of drug-likeness (QED) is 0.674. The number of nitrogens with zero attached hydrogens (tertiary/aromatic N) is 1. The second-order valence-electron chi connectivity index (χ2n) is 4.07. The molecule has 0 aliphatic heterocycles. The van der Waals surface area contributed by atoms with Gasteiger partial charge in [0.05, 0.1) is 11.3 Å². The molecule has 0 aliphatic rings. The summed E-state index contributed by atoms with van der Waals surface area (Å²) in [5.74, 6) is -0.871. The van der Waals surface area contributed by atoms with Crippen molar-refractivity contribution in [2.45, 2.75) is 16.2 Å². The van der Waals surface area contributed by atoms with E-state index in [2.05, 4.69) is 0 Å². The smallest absolute Gasteiger partial charge is 0.307 e. The largest absolute Gasteiger partial charge is 0.481 e. The number of carbonyl (C=O) groups is 1. The minimum absolute atomic E-state index is 0.0121. The van der Waals surface area contributed by atoms with E-state index in [4.69, 9.17) is 5.11 Å². The molecule has 2 aromatic rings. The number of nitro groups is 1. The van der Waals surface area contributed by atoms with Gasteiger partial charge in [0.1, 0.15) is 0 Å². The monoisotopic (exact) mass is 289 g/mol. The summed E-state index contributed by atoms with van der Waals surface area (Å²) in [6.07, 6.45) is -0.0121. The molecule has 0 saturated carbocycles. The van der Waals surface area contributed by atoms with Crippen LogP contribution in [-0.2, 0) is 11.2 Å². The van der Waals surface area contributed by atoms with Crippen LogP contribution in [0.15, 0.2) is 58.3 Å². The number of benzene rings is 2. The summed E-state index contributed by atoms with van der Waals surface area (Å²) in [7, 11) is 0. The third-order valence-electron chi connectivity index (χ3n) is 2.54. The topological polar surface area (TPSA) is 80.4 Å². The Morgan fingerprint density at radius 1 is 1.15 bits per heavy atom. The molecule has 0 heterocycles. The Labute approximate surface area is 119 Å². The second-order valence-corrected chi connectivity index (χ2v) is 5.22. The summed E-state index contributed by atoms with van der Waals surface area (Å²) in [6.45, 7) is 0. The molecule has 0 saturated heterocycles. The van der Waals surface area contributed by atoms with Gasteiger partial charge in [-0.3, -0.25) is 14.9 Å². The average molecular weight is 289 g/mol. The van der Waals surface area contributed by atoms with Gasteiger partial charge in [0, 0.05) is 21.9 Å². The van der Waals surface area contributed by atoms with E-state index in [1.54, 1.807) is 24.3 Å². The van der Waals surface area contributed by atoms with Crippen LogP contribution in [0.2, 0.25) is 0 Å². The molecular weight excluding hydrogens is 278 g/mol. The van der Waals surface area contributed by atoms with Crippen molar-refractivity contribution in [1.29, 1.82) is 0 Å². The van der Waals surface area contributed by atoms with Gasteiger partial charge in [0.15, 0.2) is 0 Å². The lowest BCUT2D eigenvalue weighted by Crippen LogP contribution is -1.99. The Balaban J connectivity index is 2.11. The van der Waals surface area contributed by atoms with E-state index in [1.165, 1.54) is 23.9 Å². The van der Waals surface area contributed by atoms with Crippen LogP contribution in [0, 0.1) is 10.1 Å². The molecule has 0 aliphatic carbocycles. The molecule has 6 heteroatoms. The SMILES string of the molecule is O=C(O)Cc1ccc(Sc2cccc([N+](=O)[O-])c2)cc1. The van der Waals surface area contributed by atoms with Crippen LogP contribution in [0.1, 0.15) is 5.56 Å². The van der Waals surface area contributed by atoms with Gasteiger partial charge < -0.3 is 5.11 Å². The number of aliphatic carboxylic acids is 1. The van der Waals surface area contributed by atoms with Crippen molar-refractivity contribution in [1.82, 2.24) is 0 Å². The highest BCUT2D eigenvalue weighted by atomic mass is 32.2. The molecular formula is C14H11NO4S. The van der Waals surface area contributed by atoms with E-state index in [-0.39, 0.29) is 12.1 Å². The van der Waals surface area contributed by atoms with Crippen molar-refractivity contribution in [3.05, 3.63) is 64.2 Å². The molecule has 0 atom stereocenters. The van der Waals surface area contributed by atoms with Crippen LogP contribution < -0.4 is 0 Å². The fraction of sp³-hybridized carbons (Fsp3) is 0.0714. The third kappa shape index (κ3) is 3.83. The third-order valence-corrected chi connectivity index (χ3v) is 3.54. The maximum absolute atomic E-state index is 10.7. The fourth-order valence-electron chi connectivity index (χ4n) is 1.65. The predicted octanol–water partition coefficient (Wildman–Crippen LogP) is 3.37. The Hall–Kier alpha value is -2.34. The molecule has 102 valence electrons. The highest BCUT2D eigenvalue weighted by Gasteiger charge is 2.07. The molecule has 0 unspecified atom stereocenters. The summed E-state index contributed by atoms with van der Waals surface area (Å²) >= 11 is 1.39.